The van der Waals surface area contributed by atoms with E-state index < -0.39 is 0 Å². The Hall–Kier alpha value is -1.88. The van der Waals surface area contributed by atoms with Gasteiger partial charge in [0.1, 0.15) is 6.10 Å². The van der Waals surface area contributed by atoms with Crippen molar-refractivity contribution in [1.82, 2.24) is 9.80 Å². The third-order valence-electron chi connectivity index (χ3n) is 5.23. The Balaban J connectivity index is 1.61. The minimum atomic E-state index is -0.269. The summed E-state index contributed by atoms with van der Waals surface area (Å²) in [5.74, 6) is 0.184. The molecule has 25 heavy (non-hydrogen) atoms. The van der Waals surface area contributed by atoms with Crippen LogP contribution in [0.15, 0.2) is 30.3 Å². The van der Waals surface area contributed by atoms with Gasteiger partial charge in [-0.1, -0.05) is 37.3 Å². The number of nitrogens with zero attached hydrogens (tertiary/aromatic N) is 2. The van der Waals surface area contributed by atoms with Gasteiger partial charge in [0, 0.05) is 32.8 Å². The van der Waals surface area contributed by atoms with Crippen molar-refractivity contribution in [3.63, 3.8) is 0 Å². The van der Waals surface area contributed by atoms with E-state index in [-0.39, 0.29) is 23.8 Å². The summed E-state index contributed by atoms with van der Waals surface area (Å²) in [5.41, 5.74) is 1.08. The highest BCUT2D eigenvalue weighted by Crippen LogP contribution is 2.23. The van der Waals surface area contributed by atoms with Crippen LogP contribution in [0.1, 0.15) is 44.1 Å². The highest BCUT2D eigenvalue weighted by molar-refractivity contribution is 5.84. The molecule has 136 valence electrons. The first-order valence-corrected chi connectivity index (χ1v) is 9.45. The first-order valence-electron chi connectivity index (χ1n) is 9.45. The maximum absolute atomic E-state index is 13.0. The van der Waals surface area contributed by atoms with Crippen molar-refractivity contribution >= 4 is 11.8 Å². The average molecular weight is 344 g/mol. The summed E-state index contributed by atoms with van der Waals surface area (Å²) in [6.45, 7) is 5.39. The van der Waals surface area contributed by atoms with Gasteiger partial charge in [-0.05, 0) is 31.2 Å². The SMILES string of the molecule is CC[C@H](C(=O)N1CCCN(C(=O)[C@H]2CCCO2)CC1)c1ccccc1. The molecule has 5 heteroatoms. The third kappa shape index (κ3) is 4.21. The molecule has 5 nitrogen and oxygen atoms in total. The molecule has 2 aliphatic heterocycles. The zero-order chi connectivity index (χ0) is 17.6. The topological polar surface area (TPSA) is 49.9 Å². The van der Waals surface area contributed by atoms with E-state index in [1.807, 2.05) is 40.1 Å². The lowest BCUT2D eigenvalue weighted by molar-refractivity contribution is -0.141. The van der Waals surface area contributed by atoms with Crippen LogP contribution >= 0.6 is 0 Å². The molecule has 0 radical (unpaired) electrons. The molecule has 0 aliphatic carbocycles. The predicted octanol–water partition coefficient (Wildman–Crippen LogP) is 2.42. The number of hydrogen-bond donors (Lipinski definition) is 0. The molecule has 0 aromatic heterocycles. The summed E-state index contributed by atoms with van der Waals surface area (Å²) in [6.07, 6.45) is 3.14. The predicted molar refractivity (Wildman–Crippen MR) is 96.2 cm³/mol. The summed E-state index contributed by atoms with van der Waals surface area (Å²) >= 11 is 0. The highest BCUT2D eigenvalue weighted by atomic mass is 16.5. The van der Waals surface area contributed by atoms with Crippen molar-refractivity contribution in [3.05, 3.63) is 35.9 Å². The van der Waals surface area contributed by atoms with Gasteiger partial charge < -0.3 is 14.5 Å². The third-order valence-corrected chi connectivity index (χ3v) is 5.23. The first-order chi connectivity index (χ1) is 12.2. The molecule has 0 unspecified atom stereocenters. The average Bonchev–Trinajstić information content (AvgIpc) is 3.07. The lowest BCUT2D eigenvalue weighted by atomic mass is 9.95. The zero-order valence-electron chi connectivity index (χ0n) is 15.0. The Bertz CT molecular complexity index is 584. The van der Waals surface area contributed by atoms with Gasteiger partial charge in [0.25, 0.3) is 5.91 Å². The van der Waals surface area contributed by atoms with Crippen molar-refractivity contribution in [2.75, 3.05) is 32.8 Å². The Kier molecular flexibility index (Phi) is 6.08. The molecule has 2 aliphatic rings. The van der Waals surface area contributed by atoms with Gasteiger partial charge in [0.05, 0.1) is 5.92 Å². The molecule has 0 spiro atoms. The monoisotopic (exact) mass is 344 g/mol. The van der Waals surface area contributed by atoms with E-state index in [9.17, 15) is 9.59 Å². The molecule has 3 rings (SSSR count). The van der Waals surface area contributed by atoms with Crippen LogP contribution in [0.5, 0.6) is 0 Å². The minimum Gasteiger partial charge on any atom is -0.368 e. The van der Waals surface area contributed by atoms with Crippen LogP contribution in [0, 0.1) is 0 Å². The van der Waals surface area contributed by atoms with E-state index in [0.29, 0.717) is 26.2 Å². The zero-order valence-corrected chi connectivity index (χ0v) is 15.0. The fourth-order valence-electron chi connectivity index (χ4n) is 3.79. The molecule has 0 bridgehead atoms. The van der Waals surface area contributed by atoms with Gasteiger partial charge in [-0.25, -0.2) is 0 Å². The second-order valence-electron chi connectivity index (χ2n) is 6.88. The van der Waals surface area contributed by atoms with Crippen LogP contribution in [-0.2, 0) is 14.3 Å². The molecule has 1 aromatic rings. The lowest BCUT2D eigenvalue weighted by Crippen LogP contribution is -2.42. The van der Waals surface area contributed by atoms with E-state index in [1.165, 1.54) is 0 Å². The summed E-state index contributed by atoms with van der Waals surface area (Å²) in [4.78, 5) is 29.4. The Morgan fingerprint density at radius 1 is 1.08 bits per heavy atom. The molecule has 2 saturated heterocycles. The Morgan fingerprint density at radius 2 is 1.80 bits per heavy atom. The van der Waals surface area contributed by atoms with Crippen molar-refractivity contribution < 1.29 is 14.3 Å². The summed E-state index contributed by atoms with van der Waals surface area (Å²) in [6, 6.07) is 9.99. The highest BCUT2D eigenvalue weighted by Gasteiger charge is 2.31. The second-order valence-corrected chi connectivity index (χ2v) is 6.88. The summed E-state index contributed by atoms with van der Waals surface area (Å²) in [7, 11) is 0. The molecule has 2 atom stereocenters. The maximum atomic E-state index is 13.0. The van der Waals surface area contributed by atoms with E-state index in [4.69, 9.17) is 4.74 Å². The summed E-state index contributed by atoms with van der Waals surface area (Å²) in [5, 5.41) is 0. The first kappa shape index (κ1) is 17.9. The van der Waals surface area contributed by atoms with Crippen molar-refractivity contribution in [3.8, 4) is 0 Å². The molecule has 1 aromatic carbocycles. The van der Waals surface area contributed by atoms with Crippen LogP contribution in [-0.4, -0.2) is 60.5 Å². The molecule has 0 N–H and O–H groups in total. The van der Waals surface area contributed by atoms with Crippen molar-refractivity contribution in [2.24, 2.45) is 0 Å². The molecular formula is C20H28N2O3. The van der Waals surface area contributed by atoms with Crippen LogP contribution < -0.4 is 0 Å². The number of ether oxygens (including phenoxy) is 1. The van der Waals surface area contributed by atoms with Gasteiger partial charge >= 0.3 is 0 Å². The van der Waals surface area contributed by atoms with E-state index >= 15 is 0 Å². The number of rotatable bonds is 4. The standard InChI is InChI=1S/C20H28N2O3/c1-2-17(16-8-4-3-5-9-16)19(23)21-11-7-12-22(14-13-21)20(24)18-10-6-15-25-18/h3-5,8-9,17-18H,2,6-7,10-15H2,1H3/t17-,18+/m0/s1. The maximum Gasteiger partial charge on any atom is 0.251 e. The fraction of sp³-hybridized carbons (Fsp3) is 0.600. The number of hydrogen-bond acceptors (Lipinski definition) is 3. The minimum absolute atomic E-state index is 0.0957. The normalized spacial score (nSPS) is 22.5. The van der Waals surface area contributed by atoms with Gasteiger partial charge in [-0.3, -0.25) is 9.59 Å². The van der Waals surface area contributed by atoms with Crippen LogP contribution in [0.4, 0.5) is 0 Å². The van der Waals surface area contributed by atoms with E-state index in [0.717, 1.165) is 37.8 Å². The van der Waals surface area contributed by atoms with Gasteiger partial charge in [0.15, 0.2) is 0 Å². The second kappa shape index (κ2) is 8.48. The fourth-order valence-corrected chi connectivity index (χ4v) is 3.79. The molecule has 2 amide bonds. The molecule has 2 heterocycles. The van der Waals surface area contributed by atoms with Gasteiger partial charge in [-0.2, -0.15) is 0 Å². The van der Waals surface area contributed by atoms with E-state index in [1.54, 1.807) is 0 Å². The number of amides is 2. The number of carbonyl (C=O) groups is 2. The Morgan fingerprint density at radius 3 is 2.48 bits per heavy atom. The quantitative estimate of drug-likeness (QED) is 0.843. The smallest absolute Gasteiger partial charge is 0.251 e. The van der Waals surface area contributed by atoms with Gasteiger partial charge in [0.2, 0.25) is 5.91 Å². The number of carbonyl (C=O) groups excluding carboxylic acids is 2. The van der Waals surface area contributed by atoms with Crippen molar-refractivity contribution in [1.29, 1.82) is 0 Å². The molecule has 2 fully saturated rings. The lowest BCUT2D eigenvalue weighted by Gasteiger charge is -2.26. The van der Waals surface area contributed by atoms with Crippen LogP contribution in [0.25, 0.3) is 0 Å². The Labute approximate surface area is 149 Å². The van der Waals surface area contributed by atoms with E-state index in [2.05, 4.69) is 6.92 Å². The van der Waals surface area contributed by atoms with Crippen LogP contribution in [0.2, 0.25) is 0 Å². The largest absolute Gasteiger partial charge is 0.368 e. The summed E-state index contributed by atoms with van der Waals surface area (Å²) < 4.78 is 5.52. The van der Waals surface area contributed by atoms with Crippen molar-refractivity contribution in [2.45, 2.75) is 44.6 Å². The van der Waals surface area contributed by atoms with Crippen LogP contribution in [0.3, 0.4) is 0 Å². The van der Waals surface area contributed by atoms with Gasteiger partial charge in [-0.15, -0.1) is 0 Å². The molecule has 0 saturated carbocycles. The molecular weight excluding hydrogens is 316 g/mol. The number of benzene rings is 1.